The van der Waals surface area contributed by atoms with Gasteiger partial charge in [-0.25, -0.2) is 13.8 Å². The van der Waals surface area contributed by atoms with Gasteiger partial charge in [-0.2, -0.15) is 0 Å². The summed E-state index contributed by atoms with van der Waals surface area (Å²) in [5, 5.41) is 13.5. The lowest BCUT2D eigenvalue weighted by molar-refractivity contribution is -0.0490. The van der Waals surface area contributed by atoms with Gasteiger partial charge in [0, 0.05) is 11.6 Å². The van der Waals surface area contributed by atoms with Crippen LogP contribution in [0.25, 0.3) is 0 Å². The van der Waals surface area contributed by atoms with Gasteiger partial charge in [0.25, 0.3) is 5.92 Å². The lowest BCUT2D eigenvalue weighted by Crippen LogP contribution is -2.37. The van der Waals surface area contributed by atoms with Crippen LogP contribution in [0, 0.1) is 0 Å². The lowest BCUT2D eigenvalue weighted by atomic mass is 10.3. The predicted molar refractivity (Wildman–Crippen MR) is 50.6 cm³/mol. The molecule has 1 aromatic rings. The second-order valence-corrected chi connectivity index (χ2v) is 3.91. The van der Waals surface area contributed by atoms with Crippen molar-refractivity contribution in [2.45, 2.75) is 18.9 Å². The van der Waals surface area contributed by atoms with E-state index in [1.807, 2.05) is 0 Å². The highest BCUT2D eigenvalue weighted by atomic mass is 32.1. The van der Waals surface area contributed by atoms with E-state index in [0.717, 1.165) is 5.01 Å². The van der Waals surface area contributed by atoms with Gasteiger partial charge in [-0.05, 0) is 6.92 Å². The first-order chi connectivity index (χ1) is 6.55. The molecule has 0 saturated heterocycles. The van der Waals surface area contributed by atoms with E-state index in [9.17, 15) is 8.78 Å². The molecule has 1 atom stereocenters. The SMILES string of the molecule is CC(NCC(F)(F)CO)c1nccs1. The summed E-state index contributed by atoms with van der Waals surface area (Å²) < 4.78 is 25.3. The van der Waals surface area contributed by atoms with Gasteiger partial charge >= 0.3 is 0 Å². The smallest absolute Gasteiger partial charge is 0.282 e. The van der Waals surface area contributed by atoms with Crippen LogP contribution >= 0.6 is 11.3 Å². The maximum absolute atomic E-state index is 12.6. The van der Waals surface area contributed by atoms with Crippen LogP contribution < -0.4 is 5.32 Å². The first-order valence-corrected chi connectivity index (χ1v) is 5.04. The number of aliphatic hydroxyl groups excluding tert-OH is 1. The van der Waals surface area contributed by atoms with Gasteiger partial charge < -0.3 is 10.4 Å². The van der Waals surface area contributed by atoms with Crippen molar-refractivity contribution >= 4 is 11.3 Å². The van der Waals surface area contributed by atoms with E-state index in [0.29, 0.717) is 0 Å². The molecule has 3 nitrogen and oxygen atoms in total. The van der Waals surface area contributed by atoms with Crippen LogP contribution in [0.4, 0.5) is 8.78 Å². The Kier molecular flexibility index (Phi) is 3.91. The van der Waals surface area contributed by atoms with Gasteiger partial charge in [0.05, 0.1) is 12.6 Å². The Morgan fingerprint density at radius 3 is 2.93 bits per heavy atom. The van der Waals surface area contributed by atoms with Crippen LogP contribution in [0.15, 0.2) is 11.6 Å². The summed E-state index contributed by atoms with van der Waals surface area (Å²) in [6.07, 6.45) is 1.63. The van der Waals surface area contributed by atoms with Gasteiger partial charge in [-0.1, -0.05) is 0 Å². The number of nitrogens with zero attached hydrogens (tertiary/aromatic N) is 1. The van der Waals surface area contributed by atoms with Gasteiger partial charge in [0.15, 0.2) is 0 Å². The Morgan fingerprint density at radius 1 is 1.71 bits per heavy atom. The molecule has 0 aliphatic heterocycles. The summed E-state index contributed by atoms with van der Waals surface area (Å²) in [5.74, 6) is -3.06. The topological polar surface area (TPSA) is 45.1 Å². The molecule has 0 fully saturated rings. The number of aromatic nitrogens is 1. The number of nitrogens with one attached hydrogen (secondary N) is 1. The second-order valence-electron chi connectivity index (χ2n) is 2.99. The average molecular weight is 222 g/mol. The standard InChI is InChI=1S/C8H12F2N2OS/c1-6(7-11-2-3-14-7)12-4-8(9,10)5-13/h2-3,6,12-13H,4-5H2,1H3. The van der Waals surface area contributed by atoms with Gasteiger partial charge in [0.2, 0.25) is 0 Å². The first kappa shape index (κ1) is 11.5. The maximum atomic E-state index is 12.6. The van der Waals surface area contributed by atoms with E-state index in [1.54, 1.807) is 18.5 Å². The van der Waals surface area contributed by atoms with Crippen molar-refractivity contribution in [3.63, 3.8) is 0 Å². The molecule has 2 N–H and O–H groups in total. The molecule has 0 spiro atoms. The van der Waals surface area contributed by atoms with Crippen molar-refractivity contribution < 1.29 is 13.9 Å². The summed E-state index contributed by atoms with van der Waals surface area (Å²) in [6, 6.07) is -0.215. The van der Waals surface area contributed by atoms with E-state index >= 15 is 0 Å². The highest BCUT2D eigenvalue weighted by molar-refractivity contribution is 7.09. The van der Waals surface area contributed by atoms with E-state index in [2.05, 4.69) is 10.3 Å². The minimum atomic E-state index is -3.06. The Hall–Kier alpha value is -0.590. The maximum Gasteiger partial charge on any atom is 0.282 e. The normalized spacial score (nSPS) is 14.3. The summed E-state index contributed by atoms with van der Waals surface area (Å²) >= 11 is 1.41. The van der Waals surface area contributed by atoms with Gasteiger partial charge in [0.1, 0.15) is 11.6 Å². The molecule has 6 heteroatoms. The number of hydrogen-bond acceptors (Lipinski definition) is 4. The molecule has 80 valence electrons. The molecule has 1 aromatic heterocycles. The number of rotatable bonds is 5. The molecular formula is C8H12F2N2OS. The number of halogens is 2. The third kappa shape index (κ3) is 3.28. The van der Waals surface area contributed by atoms with Crippen molar-refractivity contribution in [3.8, 4) is 0 Å². The van der Waals surface area contributed by atoms with E-state index in [4.69, 9.17) is 5.11 Å². The van der Waals surface area contributed by atoms with Gasteiger partial charge in [-0.15, -0.1) is 11.3 Å². The molecule has 14 heavy (non-hydrogen) atoms. The fourth-order valence-electron chi connectivity index (χ4n) is 0.894. The molecule has 0 aromatic carbocycles. The predicted octanol–water partition coefficient (Wildman–Crippen LogP) is 1.42. The molecule has 1 heterocycles. The van der Waals surface area contributed by atoms with Crippen molar-refractivity contribution in [1.82, 2.24) is 10.3 Å². The second kappa shape index (κ2) is 4.77. The van der Waals surface area contributed by atoms with Crippen LogP contribution in [-0.2, 0) is 0 Å². The monoisotopic (exact) mass is 222 g/mol. The number of alkyl halides is 2. The summed E-state index contributed by atoms with van der Waals surface area (Å²) in [7, 11) is 0. The molecule has 0 amide bonds. The van der Waals surface area contributed by atoms with Crippen LogP contribution in [0.1, 0.15) is 18.0 Å². The highest BCUT2D eigenvalue weighted by Crippen LogP contribution is 2.17. The molecule has 1 rings (SSSR count). The van der Waals surface area contributed by atoms with Crippen LogP contribution in [0.3, 0.4) is 0 Å². The minimum absolute atomic E-state index is 0.215. The fraction of sp³-hybridized carbons (Fsp3) is 0.625. The van der Waals surface area contributed by atoms with E-state index in [1.165, 1.54) is 11.3 Å². The largest absolute Gasteiger partial charge is 0.390 e. The zero-order valence-corrected chi connectivity index (χ0v) is 8.52. The summed E-state index contributed by atoms with van der Waals surface area (Å²) in [5.41, 5.74) is 0. The Bertz CT molecular complexity index is 266. The van der Waals surface area contributed by atoms with Crippen LogP contribution in [-0.4, -0.2) is 29.2 Å². The van der Waals surface area contributed by atoms with Crippen LogP contribution in [0.5, 0.6) is 0 Å². The van der Waals surface area contributed by atoms with Crippen molar-refractivity contribution in [2.75, 3.05) is 13.2 Å². The molecular weight excluding hydrogens is 210 g/mol. The molecule has 0 radical (unpaired) electrons. The quantitative estimate of drug-likeness (QED) is 0.792. The van der Waals surface area contributed by atoms with Crippen molar-refractivity contribution in [3.05, 3.63) is 16.6 Å². The molecule has 1 unspecified atom stereocenters. The molecule has 0 bridgehead atoms. The highest BCUT2D eigenvalue weighted by Gasteiger charge is 2.28. The zero-order valence-electron chi connectivity index (χ0n) is 7.70. The Morgan fingerprint density at radius 2 is 2.43 bits per heavy atom. The third-order valence-corrected chi connectivity index (χ3v) is 2.68. The number of thiazole rings is 1. The third-order valence-electron chi connectivity index (χ3n) is 1.72. The molecule has 0 saturated carbocycles. The van der Waals surface area contributed by atoms with E-state index < -0.39 is 19.1 Å². The lowest BCUT2D eigenvalue weighted by Gasteiger charge is -2.17. The average Bonchev–Trinajstić information content (AvgIpc) is 2.67. The van der Waals surface area contributed by atoms with Crippen molar-refractivity contribution in [2.24, 2.45) is 0 Å². The fourth-order valence-corrected chi connectivity index (χ4v) is 1.56. The Balaban J connectivity index is 2.39. The minimum Gasteiger partial charge on any atom is -0.390 e. The van der Waals surface area contributed by atoms with Gasteiger partial charge in [-0.3, -0.25) is 0 Å². The molecule has 0 aliphatic carbocycles. The zero-order chi connectivity index (χ0) is 10.6. The summed E-state index contributed by atoms with van der Waals surface area (Å²) in [4.78, 5) is 3.99. The summed E-state index contributed by atoms with van der Waals surface area (Å²) in [6.45, 7) is 0.0844. The molecule has 0 aliphatic rings. The van der Waals surface area contributed by atoms with Crippen LogP contribution in [0.2, 0.25) is 0 Å². The number of aliphatic hydroxyl groups is 1. The number of hydrogen-bond donors (Lipinski definition) is 2. The Labute approximate surface area is 84.8 Å². The van der Waals surface area contributed by atoms with E-state index in [-0.39, 0.29) is 6.04 Å². The van der Waals surface area contributed by atoms with Crippen molar-refractivity contribution in [1.29, 1.82) is 0 Å². The first-order valence-electron chi connectivity index (χ1n) is 4.16.